The molecule has 4 heteroatoms. The Morgan fingerprint density at radius 1 is 1.11 bits per heavy atom. The molecule has 0 aliphatic heterocycles. The van der Waals surface area contributed by atoms with Gasteiger partial charge in [-0.1, -0.05) is 17.7 Å². The number of hydrogen-bond donors (Lipinski definition) is 1. The average Bonchev–Trinajstić information content (AvgIpc) is 2.42. The van der Waals surface area contributed by atoms with Crippen molar-refractivity contribution in [2.45, 2.75) is 20.5 Å². The molecule has 0 saturated carbocycles. The van der Waals surface area contributed by atoms with Crippen molar-refractivity contribution in [3.63, 3.8) is 0 Å². The van der Waals surface area contributed by atoms with Crippen LogP contribution in [-0.2, 0) is 6.61 Å². The van der Waals surface area contributed by atoms with Gasteiger partial charge in [0, 0.05) is 30.2 Å². The van der Waals surface area contributed by atoms with Gasteiger partial charge >= 0.3 is 0 Å². The van der Waals surface area contributed by atoms with E-state index in [1.807, 2.05) is 4.90 Å². The number of hydrogen-bond acceptors (Lipinski definition) is 4. The van der Waals surface area contributed by atoms with Gasteiger partial charge in [0.1, 0.15) is 0 Å². The predicted molar refractivity (Wildman–Crippen MR) is 71.8 cm³/mol. The lowest BCUT2D eigenvalue weighted by atomic mass is 10.2. The quantitative estimate of drug-likeness (QED) is 0.896. The van der Waals surface area contributed by atoms with Crippen molar-refractivity contribution >= 4 is 11.6 Å². The van der Waals surface area contributed by atoms with E-state index in [0.29, 0.717) is 5.95 Å². The highest BCUT2D eigenvalue weighted by Gasteiger charge is 2.09. The van der Waals surface area contributed by atoms with Crippen LogP contribution in [0.3, 0.4) is 0 Å². The maximum atomic E-state index is 8.98. The molecule has 1 heterocycles. The van der Waals surface area contributed by atoms with E-state index >= 15 is 0 Å². The summed E-state index contributed by atoms with van der Waals surface area (Å²) in [5, 5.41) is 8.98. The molecular weight excluding hydrogens is 226 g/mol. The van der Waals surface area contributed by atoms with Crippen molar-refractivity contribution in [2.75, 3.05) is 11.4 Å². The highest BCUT2D eigenvalue weighted by molar-refractivity contribution is 5.57. The fourth-order valence-electron chi connectivity index (χ4n) is 1.73. The Labute approximate surface area is 107 Å². The van der Waals surface area contributed by atoms with Crippen molar-refractivity contribution < 1.29 is 5.11 Å². The second-order valence-electron chi connectivity index (χ2n) is 4.13. The van der Waals surface area contributed by atoms with Crippen LogP contribution in [-0.4, -0.2) is 21.6 Å². The standard InChI is InChI=1S/C14H17N3O/c1-3-17(13-6-4-11(2)5-7-13)14-15-8-12(10-18)9-16-14/h4-9,18H,3,10H2,1-2H3. The van der Waals surface area contributed by atoms with Crippen LogP contribution in [0.15, 0.2) is 36.7 Å². The second-order valence-corrected chi connectivity index (χ2v) is 4.13. The monoisotopic (exact) mass is 243 g/mol. The largest absolute Gasteiger partial charge is 0.392 e. The van der Waals surface area contributed by atoms with Gasteiger partial charge < -0.3 is 10.0 Å². The summed E-state index contributed by atoms with van der Waals surface area (Å²) in [7, 11) is 0. The first-order valence-electron chi connectivity index (χ1n) is 6.00. The zero-order valence-corrected chi connectivity index (χ0v) is 10.7. The third kappa shape index (κ3) is 2.65. The lowest BCUT2D eigenvalue weighted by Crippen LogP contribution is -2.18. The molecule has 1 aromatic carbocycles. The van der Waals surface area contributed by atoms with E-state index in [1.165, 1.54) is 5.56 Å². The molecule has 0 aliphatic rings. The Balaban J connectivity index is 2.29. The molecule has 0 amide bonds. The third-order valence-electron chi connectivity index (χ3n) is 2.78. The highest BCUT2D eigenvalue weighted by Crippen LogP contribution is 2.21. The first-order valence-corrected chi connectivity index (χ1v) is 6.00. The Hall–Kier alpha value is -1.94. The Morgan fingerprint density at radius 3 is 2.22 bits per heavy atom. The fraction of sp³-hybridized carbons (Fsp3) is 0.286. The fourth-order valence-corrected chi connectivity index (χ4v) is 1.73. The van der Waals surface area contributed by atoms with Crippen LogP contribution in [0, 0.1) is 6.92 Å². The summed E-state index contributed by atoms with van der Waals surface area (Å²) in [5.74, 6) is 0.651. The zero-order valence-electron chi connectivity index (χ0n) is 10.7. The molecule has 18 heavy (non-hydrogen) atoms. The molecular formula is C14H17N3O. The van der Waals surface area contributed by atoms with Gasteiger partial charge in [-0.2, -0.15) is 0 Å². The molecule has 2 aromatic rings. The summed E-state index contributed by atoms with van der Waals surface area (Å²) in [5.41, 5.74) is 3.02. The Morgan fingerprint density at radius 2 is 1.72 bits per heavy atom. The first-order chi connectivity index (χ1) is 8.74. The molecule has 4 nitrogen and oxygen atoms in total. The van der Waals surface area contributed by atoms with Gasteiger partial charge in [0.15, 0.2) is 0 Å². The number of anilines is 2. The normalized spacial score (nSPS) is 10.4. The lowest BCUT2D eigenvalue weighted by Gasteiger charge is -2.20. The average molecular weight is 243 g/mol. The van der Waals surface area contributed by atoms with Gasteiger partial charge in [-0.05, 0) is 26.0 Å². The topological polar surface area (TPSA) is 49.2 Å². The number of rotatable bonds is 4. The summed E-state index contributed by atoms with van der Waals surface area (Å²) in [6, 6.07) is 8.25. The van der Waals surface area contributed by atoms with Crippen molar-refractivity contribution in [1.82, 2.24) is 9.97 Å². The van der Waals surface area contributed by atoms with Crippen LogP contribution >= 0.6 is 0 Å². The zero-order chi connectivity index (χ0) is 13.0. The molecule has 0 saturated heterocycles. The number of aliphatic hydroxyl groups is 1. The number of aromatic nitrogens is 2. The highest BCUT2D eigenvalue weighted by atomic mass is 16.3. The summed E-state index contributed by atoms with van der Waals surface area (Å²) in [6.45, 7) is 4.88. The predicted octanol–water partition coefficient (Wildman–Crippen LogP) is 2.44. The van der Waals surface area contributed by atoms with Crippen molar-refractivity contribution in [3.8, 4) is 0 Å². The van der Waals surface area contributed by atoms with Crippen LogP contribution in [0.25, 0.3) is 0 Å². The van der Waals surface area contributed by atoms with Crippen LogP contribution in [0.4, 0.5) is 11.6 Å². The molecule has 1 N–H and O–H groups in total. The number of aliphatic hydroxyl groups excluding tert-OH is 1. The summed E-state index contributed by atoms with van der Waals surface area (Å²) < 4.78 is 0. The van der Waals surface area contributed by atoms with E-state index in [4.69, 9.17) is 5.11 Å². The summed E-state index contributed by atoms with van der Waals surface area (Å²) in [6.07, 6.45) is 3.30. The molecule has 0 unspecified atom stereocenters. The number of nitrogens with zero attached hydrogens (tertiary/aromatic N) is 3. The Kier molecular flexibility index (Phi) is 3.89. The van der Waals surface area contributed by atoms with Crippen LogP contribution in [0.2, 0.25) is 0 Å². The van der Waals surface area contributed by atoms with Gasteiger partial charge in [0.25, 0.3) is 0 Å². The Bertz CT molecular complexity index is 493. The van der Waals surface area contributed by atoms with Gasteiger partial charge in [-0.3, -0.25) is 0 Å². The molecule has 0 atom stereocenters. The van der Waals surface area contributed by atoms with Crippen LogP contribution in [0.1, 0.15) is 18.1 Å². The third-order valence-corrected chi connectivity index (χ3v) is 2.78. The second kappa shape index (κ2) is 5.60. The van der Waals surface area contributed by atoms with Crippen molar-refractivity contribution in [1.29, 1.82) is 0 Å². The van der Waals surface area contributed by atoms with E-state index in [2.05, 4.69) is 48.1 Å². The molecule has 0 bridgehead atoms. The summed E-state index contributed by atoms with van der Waals surface area (Å²) in [4.78, 5) is 10.6. The van der Waals surface area contributed by atoms with E-state index in [0.717, 1.165) is 17.8 Å². The van der Waals surface area contributed by atoms with Crippen molar-refractivity contribution in [3.05, 3.63) is 47.8 Å². The van der Waals surface area contributed by atoms with Crippen LogP contribution < -0.4 is 4.90 Å². The lowest BCUT2D eigenvalue weighted by molar-refractivity contribution is 0.281. The van der Waals surface area contributed by atoms with E-state index < -0.39 is 0 Å². The molecule has 0 aliphatic carbocycles. The molecule has 94 valence electrons. The van der Waals surface area contributed by atoms with Crippen molar-refractivity contribution in [2.24, 2.45) is 0 Å². The summed E-state index contributed by atoms with van der Waals surface area (Å²) >= 11 is 0. The maximum absolute atomic E-state index is 8.98. The van der Waals surface area contributed by atoms with E-state index in [1.54, 1.807) is 12.4 Å². The van der Waals surface area contributed by atoms with Gasteiger partial charge in [0.05, 0.1) is 6.61 Å². The molecule has 0 fully saturated rings. The molecule has 0 radical (unpaired) electrons. The minimum Gasteiger partial charge on any atom is -0.392 e. The van der Waals surface area contributed by atoms with E-state index in [-0.39, 0.29) is 6.61 Å². The van der Waals surface area contributed by atoms with Gasteiger partial charge in [0.2, 0.25) is 5.95 Å². The molecule has 0 spiro atoms. The first kappa shape index (κ1) is 12.5. The smallest absolute Gasteiger partial charge is 0.229 e. The SMILES string of the molecule is CCN(c1ccc(C)cc1)c1ncc(CO)cn1. The van der Waals surface area contributed by atoms with Gasteiger partial charge in [-0.25, -0.2) is 9.97 Å². The maximum Gasteiger partial charge on any atom is 0.229 e. The van der Waals surface area contributed by atoms with E-state index in [9.17, 15) is 0 Å². The van der Waals surface area contributed by atoms with Crippen LogP contribution in [0.5, 0.6) is 0 Å². The van der Waals surface area contributed by atoms with Gasteiger partial charge in [-0.15, -0.1) is 0 Å². The number of benzene rings is 1. The minimum atomic E-state index is -0.0308. The molecule has 2 rings (SSSR count). The minimum absolute atomic E-state index is 0.0308. The number of aryl methyl sites for hydroxylation is 1. The molecule has 1 aromatic heterocycles.